The summed E-state index contributed by atoms with van der Waals surface area (Å²) in [6.07, 6.45) is 7.66. The van der Waals surface area contributed by atoms with Gasteiger partial charge >= 0.3 is 11.9 Å². The van der Waals surface area contributed by atoms with Gasteiger partial charge in [-0.2, -0.15) is 0 Å². The van der Waals surface area contributed by atoms with Crippen LogP contribution in [0.2, 0.25) is 0 Å². The van der Waals surface area contributed by atoms with Crippen LogP contribution < -0.4 is 15.5 Å². The Bertz CT molecular complexity index is 2760. The normalized spacial score (nSPS) is 12.4. The van der Waals surface area contributed by atoms with Crippen LogP contribution in [-0.4, -0.2) is 72.4 Å². The van der Waals surface area contributed by atoms with Crippen molar-refractivity contribution in [3.63, 3.8) is 0 Å². The van der Waals surface area contributed by atoms with Crippen LogP contribution in [0.5, 0.6) is 0 Å². The van der Waals surface area contributed by atoms with Crippen molar-refractivity contribution in [3.05, 3.63) is 275 Å². The first kappa shape index (κ1) is 50.6. The van der Waals surface area contributed by atoms with E-state index in [0.29, 0.717) is 22.8 Å². The van der Waals surface area contributed by atoms with Gasteiger partial charge in [-0.1, -0.05) is 182 Å². The molecule has 0 bridgehead atoms. The van der Waals surface area contributed by atoms with E-state index >= 15 is 0 Å². The van der Waals surface area contributed by atoms with Gasteiger partial charge in [-0.05, 0) is 45.5 Å². The minimum Gasteiger partial charge on any atom is -0.480 e. The van der Waals surface area contributed by atoms with Crippen molar-refractivity contribution in [2.24, 2.45) is 0 Å². The number of rotatable bonds is 21. The maximum atomic E-state index is 12.9. The molecule has 3 heterocycles. The smallest absolute Gasteiger partial charge is 0.321 e. The summed E-state index contributed by atoms with van der Waals surface area (Å²) in [4.78, 5) is 42.2. The predicted octanol–water partition coefficient (Wildman–Crippen LogP) is 8.79. The third-order valence-electron chi connectivity index (χ3n) is 13.1. The molecule has 6 aromatic carbocycles. The Labute approximate surface area is 432 Å². The van der Waals surface area contributed by atoms with Gasteiger partial charge in [-0.3, -0.25) is 25.2 Å². The molecule has 12 nitrogen and oxygen atoms in total. The fourth-order valence-electron chi connectivity index (χ4n) is 9.71. The third kappa shape index (κ3) is 10.6. The molecule has 4 N–H and O–H groups in total. The summed E-state index contributed by atoms with van der Waals surface area (Å²) in [5.41, 5.74) is 7.86. The molecule has 358 valence electrons. The molecule has 0 fully saturated rings. The Kier molecular flexibility index (Phi) is 16.1. The van der Waals surface area contributed by atoms with Gasteiger partial charge in [0.05, 0.1) is 35.4 Å². The van der Waals surface area contributed by atoms with Crippen LogP contribution in [-0.2, 0) is 66.1 Å². The Morgan fingerprint density at radius 3 is 1.01 bits per heavy atom. The molecule has 0 radical (unpaired) electrons. The number of anilines is 1. The summed E-state index contributed by atoms with van der Waals surface area (Å²) in [5.74, 6) is -2.04. The SMILES string of the molecule is CN(C)c1cc(CNC(Cc2cn(C(c3ccccc3)(c3ccccc3)c3ccccc3)cn2)C(=O)O)nc(CNC(Cc2cn(C(c3ccccc3)(c3ccccc3)c3ccccc3)cn2)C(=O)O)c1.[Zn]. The van der Waals surface area contributed by atoms with Crippen molar-refractivity contribution in [2.45, 2.75) is 49.1 Å². The van der Waals surface area contributed by atoms with Crippen LogP contribution in [0.1, 0.15) is 56.2 Å². The molecule has 72 heavy (non-hydrogen) atoms. The van der Waals surface area contributed by atoms with Gasteiger partial charge in [-0.25, -0.2) is 9.97 Å². The van der Waals surface area contributed by atoms with Crippen molar-refractivity contribution < 1.29 is 39.3 Å². The van der Waals surface area contributed by atoms with Gasteiger partial charge < -0.3 is 24.2 Å². The number of hydrogen-bond donors (Lipinski definition) is 4. The number of nitrogens with one attached hydrogen (secondary N) is 2. The van der Waals surface area contributed by atoms with Crippen molar-refractivity contribution in [1.29, 1.82) is 0 Å². The van der Waals surface area contributed by atoms with Crippen LogP contribution >= 0.6 is 0 Å². The van der Waals surface area contributed by atoms with E-state index in [4.69, 9.17) is 15.0 Å². The number of pyridine rings is 1. The summed E-state index contributed by atoms with van der Waals surface area (Å²) >= 11 is 0. The van der Waals surface area contributed by atoms with Gasteiger partial charge in [0.15, 0.2) is 0 Å². The van der Waals surface area contributed by atoms with Crippen LogP contribution in [0.3, 0.4) is 0 Å². The summed E-state index contributed by atoms with van der Waals surface area (Å²) < 4.78 is 4.15. The second-order valence-corrected chi connectivity index (χ2v) is 17.8. The predicted molar refractivity (Wildman–Crippen MR) is 276 cm³/mol. The Morgan fingerprint density at radius 2 is 0.764 bits per heavy atom. The van der Waals surface area contributed by atoms with Crippen LogP contribution in [0.15, 0.2) is 219 Å². The molecule has 0 saturated carbocycles. The van der Waals surface area contributed by atoms with E-state index < -0.39 is 35.1 Å². The van der Waals surface area contributed by atoms with E-state index in [1.807, 2.05) is 153 Å². The summed E-state index contributed by atoms with van der Waals surface area (Å²) in [7, 11) is 3.83. The van der Waals surface area contributed by atoms with Gasteiger partial charge in [0, 0.05) is 77.6 Å². The summed E-state index contributed by atoms with van der Waals surface area (Å²) in [6, 6.07) is 63.3. The van der Waals surface area contributed by atoms with Crippen molar-refractivity contribution in [2.75, 3.05) is 19.0 Å². The zero-order chi connectivity index (χ0) is 49.2. The molecule has 9 aromatic rings. The third-order valence-corrected chi connectivity index (χ3v) is 13.1. The standard InChI is InChI=1S/C59H56N8O4.Zn/c1-65(2)53-33-49(37-60-54(56(68)69)35-51-39-66(41-62-51)58(43-21-9-3-10-22-43,44-23-11-4-12-24-44)45-25-13-5-14-26-45)64-50(34-53)38-61-55(57(70)71)36-52-40-67(42-63-52)59(46-27-15-6-16-28-46,47-29-17-7-18-30-47)48-31-19-8-20-32-48;/h3-34,39-42,54-55,60-61H,35-38H2,1-2H3,(H,68,69)(H,70,71);. The van der Waals surface area contributed by atoms with Crippen molar-refractivity contribution in [1.82, 2.24) is 34.7 Å². The number of carboxylic acid groups (broad SMARTS) is 2. The number of nitrogens with zero attached hydrogens (tertiary/aromatic N) is 6. The first-order chi connectivity index (χ1) is 34.7. The molecule has 9 rings (SSSR count). The van der Waals surface area contributed by atoms with Crippen LogP contribution in [0.25, 0.3) is 0 Å². The number of hydrogen-bond acceptors (Lipinski definition) is 8. The minimum absolute atomic E-state index is 0. The minimum atomic E-state index is -1.02. The average molecular weight is 1010 g/mol. The van der Waals surface area contributed by atoms with Gasteiger partial charge in [0.2, 0.25) is 0 Å². The molecule has 0 aliphatic rings. The topological polar surface area (TPSA) is 150 Å². The molecule has 0 amide bonds. The molecule has 3 aromatic heterocycles. The van der Waals surface area contributed by atoms with Crippen molar-refractivity contribution >= 4 is 17.6 Å². The molecular weight excluding hydrogens is 950 g/mol. The molecule has 2 atom stereocenters. The number of imidazole rings is 2. The largest absolute Gasteiger partial charge is 0.480 e. The molecule has 0 spiro atoms. The van der Waals surface area contributed by atoms with Gasteiger partial charge in [0.25, 0.3) is 0 Å². The maximum Gasteiger partial charge on any atom is 0.321 e. The van der Waals surface area contributed by atoms with E-state index in [1.165, 1.54) is 0 Å². The van der Waals surface area contributed by atoms with E-state index in [0.717, 1.165) is 39.1 Å². The quantitative estimate of drug-likeness (QED) is 0.0407. The van der Waals surface area contributed by atoms with E-state index in [9.17, 15) is 19.8 Å². The molecule has 2 unspecified atom stereocenters. The second kappa shape index (κ2) is 22.9. The van der Waals surface area contributed by atoms with Crippen molar-refractivity contribution in [3.8, 4) is 0 Å². The number of carboxylic acids is 2. The summed E-state index contributed by atoms with van der Waals surface area (Å²) in [5, 5.41) is 27.6. The first-order valence-electron chi connectivity index (χ1n) is 23.7. The number of carbonyl (C=O) groups is 2. The fraction of sp³-hybridized carbons (Fsp3) is 0.169. The molecule has 0 aliphatic carbocycles. The first-order valence-corrected chi connectivity index (χ1v) is 23.7. The zero-order valence-corrected chi connectivity index (χ0v) is 43.3. The summed E-state index contributed by atoms with van der Waals surface area (Å²) in [6.45, 7) is 0.278. The number of benzene rings is 6. The zero-order valence-electron chi connectivity index (χ0n) is 40.4. The fourth-order valence-corrected chi connectivity index (χ4v) is 9.71. The molecule has 13 heteroatoms. The van der Waals surface area contributed by atoms with Crippen LogP contribution in [0.4, 0.5) is 5.69 Å². The van der Waals surface area contributed by atoms with E-state index in [2.05, 4.69) is 92.6 Å². The second-order valence-electron chi connectivity index (χ2n) is 17.8. The monoisotopic (exact) mass is 1000 g/mol. The van der Waals surface area contributed by atoms with E-state index in [-0.39, 0.29) is 45.4 Å². The Balaban J connectivity index is 0.00000693. The average Bonchev–Trinajstić information content (AvgIpc) is 4.09. The molecule has 0 saturated heterocycles. The number of aliphatic carboxylic acids is 2. The van der Waals surface area contributed by atoms with Crippen LogP contribution in [0, 0.1) is 0 Å². The van der Waals surface area contributed by atoms with Gasteiger partial charge in [0.1, 0.15) is 23.2 Å². The Hall–Kier alpha value is -7.83. The molecule has 0 aliphatic heterocycles. The Morgan fingerprint density at radius 1 is 0.486 bits per heavy atom. The van der Waals surface area contributed by atoms with Gasteiger partial charge in [-0.15, -0.1) is 0 Å². The molecular formula is C59H56N8O4Zn. The number of aromatic nitrogens is 5. The van der Waals surface area contributed by atoms with E-state index in [1.54, 1.807) is 12.7 Å². The maximum absolute atomic E-state index is 12.9.